The first-order valence-corrected chi connectivity index (χ1v) is 8.39. The third-order valence-electron chi connectivity index (χ3n) is 3.86. The van der Waals surface area contributed by atoms with Gasteiger partial charge >= 0.3 is 0 Å². The first-order chi connectivity index (χ1) is 12.3. The highest BCUT2D eigenvalue weighted by Crippen LogP contribution is 2.24. The minimum absolute atomic E-state index is 0.0825. The highest BCUT2D eigenvalue weighted by molar-refractivity contribution is 6.67. The van der Waals surface area contributed by atoms with E-state index in [1.807, 2.05) is 6.92 Å². The van der Waals surface area contributed by atoms with Crippen molar-refractivity contribution in [2.24, 2.45) is 22.2 Å². The summed E-state index contributed by atoms with van der Waals surface area (Å²) in [5.74, 6) is -0.980. The van der Waals surface area contributed by atoms with Crippen molar-refractivity contribution in [3.05, 3.63) is 35.8 Å². The molecule has 0 saturated carbocycles. The minimum atomic E-state index is -1.02. The van der Waals surface area contributed by atoms with E-state index in [0.29, 0.717) is 12.2 Å². The number of halogens is 1. The summed E-state index contributed by atoms with van der Waals surface area (Å²) < 4.78 is 0. The standard InChI is InChI=1S/C16H22ClN7O2/c1-2-3-8-23(9-4-6-10(25)7-5-9)16(21)24-13(18)11(15(20)26)22-12(17)14(24)19/h4-7,14,21,25H,2-3,8,18-19H2,1H3,(H2,20,26). The monoisotopic (exact) mass is 379 g/mol. The van der Waals surface area contributed by atoms with Gasteiger partial charge in [0.1, 0.15) is 22.9 Å². The summed E-state index contributed by atoms with van der Waals surface area (Å²) >= 11 is 6.02. The molecule has 1 atom stereocenters. The molecule has 0 bridgehead atoms. The first-order valence-electron chi connectivity index (χ1n) is 8.01. The summed E-state index contributed by atoms with van der Waals surface area (Å²) in [6.45, 7) is 2.52. The lowest BCUT2D eigenvalue weighted by Gasteiger charge is -2.38. The largest absolute Gasteiger partial charge is 0.508 e. The Morgan fingerprint density at radius 1 is 1.42 bits per heavy atom. The summed E-state index contributed by atoms with van der Waals surface area (Å²) in [6, 6.07) is 6.36. The van der Waals surface area contributed by atoms with Crippen LogP contribution in [0.5, 0.6) is 5.75 Å². The molecule has 1 aromatic rings. The number of phenols is 1. The normalized spacial score (nSPS) is 17.1. The van der Waals surface area contributed by atoms with Crippen molar-refractivity contribution >= 4 is 34.3 Å². The number of carbonyl (C=O) groups excluding carboxylic acids is 1. The highest BCUT2D eigenvalue weighted by atomic mass is 35.5. The van der Waals surface area contributed by atoms with Gasteiger partial charge in [-0.2, -0.15) is 0 Å². The van der Waals surface area contributed by atoms with Crippen LogP contribution in [0.3, 0.4) is 0 Å². The van der Waals surface area contributed by atoms with Gasteiger partial charge in [-0.05, 0) is 30.7 Å². The molecule has 1 aliphatic heterocycles. The number of nitrogens with zero attached hydrogens (tertiary/aromatic N) is 3. The van der Waals surface area contributed by atoms with Crippen LogP contribution < -0.4 is 22.1 Å². The number of aliphatic imine (C=N–C) groups is 1. The quantitative estimate of drug-likeness (QED) is 0.375. The van der Waals surface area contributed by atoms with Gasteiger partial charge in [-0.25, -0.2) is 4.99 Å². The summed E-state index contributed by atoms with van der Waals surface area (Å²) in [7, 11) is 0. The zero-order valence-corrected chi connectivity index (χ0v) is 15.1. The van der Waals surface area contributed by atoms with Crippen molar-refractivity contribution < 1.29 is 9.90 Å². The van der Waals surface area contributed by atoms with Crippen LogP contribution in [0.15, 0.2) is 40.8 Å². The Bertz CT molecular complexity index is 760. The van der Waals surface area contributed by atoms with Crippen molar-refractivity contribution in [2.75, 3.05) is 11.4 Å². The zero-order chi connectivity index (χ0) is 19.4. The average Bonchev–Trinajstić information content (AvgIpc) is 2.59. The fourth-order valence-corrected chi connectivity index (χ4v) is 2.65. The Morgan fingerprint density at radius 2 is 2.04 bits per heavy atom. The van der Waals surface area contributed by atoms with Gasteiger partial charge in [0.05, 0.1) is 0 Å². The van der Waals surface area contributed by atoms with E-state index >= 15 is 0 Å². The Hall–Kier alpha value is -2.78. The van der Waals surface area contributed by atoms with E-state index in [1.54, 1.807) is 17.0 Å². The third kappa shape index (κ3) is 3.89. The Morgan fingerprint density at radius 3 is 2.58 bits per heavy atom. The first kappa shape index (κ1) is 19.5. The number of benzene rings is 1. The van der Waals surface area contributed by atoms with E-state index in [4.69, 9.17) is 34.2 Å². The second-order valence-corrected chi connectivity index (χ2v) is 6.08. The number of primary amides is 1. The number of carbonyl (C=O) groups is 1. The van der Waals surface area contributed by atoms with Gasteiger partial charge in [0.25, 0.3) is 5.91 Å². The van der Waals surface area contributed by atoms with Gasteiger partial charge in [-0.15, -0.1) is 0 Å². The Balaban J connectivity index is 2.44. The molecule has 0 aliphatic carbocycles. The molecule has 9 nitrogen and oxygen atoms in total. The number of rotatable bonds is 5. The summed E-state index contributed by atoms with van der Waals surface area (Å²) in [6.07, 6.45) is 0.669. The molecular weight excluding hydrogens is 358 g/mol. The molecule has 1 aromatic carbocycles. The van der Waals surface area contributed by atoms with Crippen LogP contribution in [0.4, 0.5) is 5.69 Å². The minimum Gasteiger partial charge on any atom is -0.508 e. The fourth-order valence-electron chi connectivity index (χ4n) is 2.46. The lowest BCUT2D eigenvalue weighted by atomic mass is 10.2. The number of hydrogen-bond donors (Lipinski definition) is 5. The van der Waals surface area contributed by atoms with E-state index in [0.717, 1.165) is 12.8 Å². The predicted molar refractivity (Wildman–Crippen MR) is 102 cm³/mol. The van der Waals surface area contributed by atoms with E-state index in [-0.39, 0.29) is 28.4 Å². The summed E-state index contributed by atoms with van der Waals surface area (Å²) in [4.78, 5) is 18.3. The molecule has 0 saturated heterocycles. The number of aromatic hydroxyl groups is 1. The van der Waals surface area contributed by atoms with E-state index in [9.17, 15) is 9.90 Å². The molecule has 1 unspecified atom stereocenters. The molecule has 26 heavy (non-hydrogen) atoms. The number of hydrogen-bond acceptors (Lipinski definition) is 6. The molecule has 140 valence electrons. The van der Waals surface area contributed by atoms with E-state index < -0.39 is 12.1 Å². The molecule has 1 heterocycles. The maximum atomic E-state index is 11.6. The predicted octanol–water partition coefficient (Wildman–Crippen LogP) is 0.784. The molecule has 0 fully saturated rings. The van der Waals surface area contributed by atoms with Crippen LogP contribution in [0.1, 0.15) is 19.8 Å². The molecule has 8 N–H and O–H groups in total. The van der Waals surface area contributed by atoms with Crippen LogP contribution >= 0.6 is 11.6 Å². The number of amides is 1. The number of unbranched alkanes of at least 4 members (excludes halogenated alkanes) is 1. The number of guanidine groups is 1. The second kappa shape index (κ2) is 8.07. The Kier molecular flexibility index (Phi) is 6.06. The third-order valence-corrected chi connectivity index (χ3v) is 4.16. The lowest BCUT2D eigenvalue weighted by molar-refractivity contribution is -0.114. The molecule has 0 radical (unpaired) electrons. The topological polar surface area (TPSA) is 158 Å². The highest BCUT2D eigenvalue weighted by Gasteiger charge is 2.34. The lowest BCUT2D eigenvalue weighted by Crippen LogP contribution is -2.57. The number of nitrogens with one attached hydrogen (secondary N) is 1. The maximum absolute atomic E-state index is 11.6. The van der Waals surface area contributed by atoms with Crippen LogP contribution in [-0.2, 0) is 4.79 Å². The van der Waals surface area contributed by atoms with Gasteiger partial charge in [-0.3, -0.25) is 15.1 Å². The molecule has 10 heteroatoms. The van der Waals surface area contributed by atoms with Crippen molar-refractivity contribution in [1.29, 1.82) is 5.41 Å². The smallest absolute Gasteiger partial charge is 0.271 e. The van der Waals surface area contributed by atoms with E-state index in [2.05, 4.69) is 4.99 Å². The zero-order valence-electron chi connectivity index (χ0n) is 14.3. The van der Waals surface area contributed by atoms with Gasteiger partial charge in [0.15, 0.2) is 5.70 Å². The van der Waals surface area contributed by atoms with Crippen molar-refractivity contribution in [1.82, 2.24) is 4.90 Å². The van der Waals surface area contributed by atoms with Gasteiger partial charge < -0.3 is 27.2 Å². The van der Waals surface area contributed by atoms with Gasteiger partial charge in [0, 0.05) is 12.2 Å². The number of phenolic OH excluding ortho intramolecular Hbond substituents is 1. The van der Waals surface area contributed by atoms with Crippen molar-refractivity contribution in [3.8, 4) is 5.75 Å². The summed E-state index contributed by atoms with van der Waals surface area (Å²) in [5, 5.41) is 18.0. The second-order valence-electron chi connectivity index (χ2n) is 5.69. The number of nitrogens with two attached hydrogens (primary N) is 3. The molecule has 2 rings (SSSR count). The number of anilines is 1. The molecule has 0 aromatic heterocycles. The van der Waals surface area contributed by atoms with Crippen LogP contribution in [0, 0.1) is 5.41 Å². The molecule has 1 amide bonds. The van der Waals surface area contributed by atoms with Gasteiger partial charge in [-0.1, -0.05) is 24.9 Å². The SMILES string of the molecule is CCCCN(C(=N)N1C(N)=C(C(N)=O)N=C(Cl)C1N)c1ccc(O)cc1. The van der Waals surface area contributed by atoms with Crippen molar-refractivity contribution in [2.45, 2.75) is 25.9 Å². The Labute approximate surface area is 156 Å². The molecular formula is C16H22ClN7O2. The average molecular weight is 380 g/mol. The fraction of sp³-hybridized carbons (Fsp3) is 0.312. The maximum Gasteiger partial charge on any atom is 0.271 e. The van der Waals surface area contributed by atoms with Crippen LogP contribution in [0.25, 0.3) is 0 Å². The van der Waals surface area contributed by atoms with E-state index in [1.165, 1.54) is 17.0 Å². The molecule has 0 spiro atoms. The molecule has 1 aliphatic rings. The van der Waals surface area contributed by atoms with Crippen LogP contribution in [-0.4, -0.2) is 39.8 Å². The van der Waals surface area contributed by atoms with Crippen molar-refractivity contribution in [3.63, 3.8) is 0 Å². The van der Waals surface area contributed by atoms with Crippen LogP contribution in [0.2, 0.25) is 0 Å². The summed E-state index contributed by atoms with van der Waals surface area (Å²) in [5.41, 5.74) is 17.7. The van der Waals surface area contributed by atoms with Gasteiger partial charge in [0.2, 0.25) is 5.96 Å².